The largest absolute Gasteiger partial charge is 0.459 e. The van der Waals surface area contributed by atoms with Crippen molar-refractivity contribution in [3.8, 4) is 0 Å². The van der Waals surface area contributed by atoms with E-state index in [1.54, 1.807) is 12.1 Å². The minimum Gasteiger partial charge on any atom is -0.459 e. The fraction of sp³-hybridized carbons (Fsp3) is 0.579. The number of aryl methyl sites for hydroxylation is 2. The highest BCUT2D eigenvalue weighted by molar-refractivity contribution is 5.83. The summed E-state index contributed by atoms with van der Waals surface area (Å²) in [5, 5.41) is 0. The summed E-state index contributed by atoms with van der Waals surface area (Å²) in [6.45, 7) is 4.17. The van der Waals surface area contributed by atoms with Crippen LogP contribution in [0.2, 0.25) is 0 Å². The predicted octanol–water partition coefficient (Wildman–Crippen LogP) is 2.02. The Balaban J connectivity index is 1.78. The van der Waals surface area contributed by atoms with E-state index in [1.807, 2.05) is 6.92 Å². The van der Waals surface area contributed by atoms with Gasteiger partial charge in [0.15, 0.2) is 5.43 Å². The standard InChI is InChI=1S/C19H18O4/c1-7-5-10(20)6-9-3-4-19-8(2)15-17(23-18(19)21)13-14(19)12(9)11(7)16(13)22-15/h5-6,8,13-17H,3-4H2,1-2H3/t8-,13-,14-,15-,16+,17+,19-/m1/s1. The van der Waals surface area contributed by atoms with Crippen LogP contribution in [0.5, 0.6) is 0 Å². The van der Waals surface area contributed by atoms with Crippen LogP contribution >= 0.6 is 0 Å². The molecule has 7 rings (SSSR count). The summed E-state index contributed by atoms with van der Waals surface area (Å²) in [6, 6.07) is 3.52. The van der Waals surface area contributed by atoms with Gasteiger partial charge in [-0.3, -0.25) is 9.59 Å². The lowest BCUT2D eigenvalue weighted by Crippen LogP contribution is -2.64. The zero-order valence-corrected chi connectivity index (χ0v) is 13.2. The van der Waals surface area contributed by atoms with E-state index >= 15 is 0 Å². The third-order valence-electron chi connectivity index (χ3n) is 7.36. The van der Waals surface area contributed by atoms with E-state index in [1.165, 1.54) is 11.1 Å². The zero-order valence-electron chi connectivity index (χ0n) is 13.2. The van der Waals surface area contributed by atoms with E-state index in [4.69, 9.17) is 9.47 Å². The number of esters is 1. The molecule has 4 nitrogen and oxygen atoms in total. The van der Waals surface area contributed by atoms with E-state index in [9.17, 15) is 9.59 Å². The van der Waals surface area contributed by atoms with Crippen molar-refractivity contribution < 1.29 is 14.3 Å². The molecular weight excluding hydrogens is 292 g/mol. The minimum atomic E-state index is -0.444. The van der Waals surface area contributed by atoms with Crippen molar-refractivity contribution in [2.45, 2.75) is 50.9 Å². The van der Waals surface area contributed by atoms with Gasteiger partial charge in [0.2, 0.25) is 0 Å². The molecule has 0 radical (unpaired) electrons. The van der Waals surface area contributed by atoms with Crippen LogP contribution in [0.1, 0.15) is 47.6 Å². The van der Waals surface area contributed by atoms with Gasteiger partial charge in [-0.1, -0.05) is 6.92 Å². The van der Waals surface area contributed by atoms with Crippen LogP contribution < -0.4 is 5.43 Å². The van der Waals surface area contributed by atoms with Crippen molar-refractivity contribution in [3.05, 3.63) is 44.6 Å². The van der Waals surface area contributed by atoms with Crippen LogP contribution in [0.3, 0.4) is 0 Å². The predicted molar refractivity (Wildman–Crippen MR) is 81.1 cm³/mol. The average Bonchev–Trinajstić information content (AvgIpc) is 2.95. The summed E-state index contributed by atoms with van der Waals surface area (Å²) < 4.78 is 12.3. The number of carbonyl (C=O) groups is 1. The number of hydrogen-bond acceptors (Lipinski definition) is 4. The molecule has 3 saturated heterocycles. The maximum absolute atomic E-state index is 12.9. The molecule has 118 valence electrons. The smallest absolute Gasteiger partial charge is 0.313 e. The average molecular weight is 310 g/mol. The van der Waals surface area contributed by atoms with Gasteiger partial charge in [0.1, 0.15) is 6.10 Å². The second-order valence-electron chi connectivity index (χ2n) is 8.00. The highest BCUT2D eigenvalue weighted by atomic mass is 16.6. The normalized spacial score (nSPS) is 47.0. The summed E-state index contributed by atoms with van der Waals surface area (Å²) in [7, 11) is 0. The Morgan fingerprint density at radius 1 is 1.17 bits per heavy atom. The van der Waals surface area contributed by atoms with Crippen LogP contribution in [0.15, 0.2) is 16.9 Å². The van der Waals surface area contributed by atoms with Gasteiger partial charge >= 0.3 is 5.97 Å². The number of rotatable bonds is 0. The van der Waals surface area contributed by atoms with Crippen LogP contribution in [0.4, 0.5) is 0 Å². The molecule has 4 bridgehead atoms. The molecule has 6 aliphatic rings. The molecule has 1 aromatic carbocycles. The van der Waals surface area contributed by atoms with Crippen LogP contribution in [-0.2, 0) is 20.7 Å². The Bertz CT molecular complexity index is 859. The van der Waals surface area contributed by atoms with Crippen molar-refractivity contribution in [1.82, 2.24) is 0 Å². The first kappa shape index (κ1) is 12.7. The van der Waals surface area contributed by atoms with E-state index in [-0.39, 0.29) is 47.5 Å². The summed E-state index contributed by atoms with van der Waals surface area (Å²) in [6.07, 6.45) is 1.47. The highest BCUT2D eigenvalue weighted by Crippen LogP contribution is 2.73. The van der Waals surface area contributed by atoms with Gasteiger partial charge in [0, 0.05) is 17.8 Å². The molecule has 7 atom stereocenters. The molecular formula is C19H18O4. The van der Waals surface area contributed by atoms with Crippen molar-refractivity contribution in [2.75, 3.05) is 0 Å². The molecule has 1 saturated carbocycles. The fourth-order valence-corrected chi connectivity index (χ4v) is 6.56. The number of fused-ring (bicyclic) bond motifs is 2. The first-order valence-corrected chi connectivity index (χ1v) is 8.58. The molecule has 4 heteroatoms. The molecule has 23 heavy (non-hydrogen) atoms. The Labute approximate surface area is 133 Å². The van der Waals surface area contributed by atoms with Gasteiger partial charge in [0.05, 0.1) is 17.6 Å². The summed E-state index contributed by atoms with van der Waals surface area (Å²) in [5.41, 5.74) is 4.19. The second-order valence-corrected chi connectivity index (χ2v) is 8.00. The van der Waals surface area contributed by atoms with Gasteiger partial charge in [-0.25, -0.2) is 0 Å². The second kappa shape index (κ2) is 3.54. The summed E-state index contributed by atoms with van der Waals surface area (Å²) in [5.74, 6) is 0.594. The van der Waals surface area contributed by atoms with Gasteiger partial charge < -0.3 is 9.47 Å². The maximum Gasteiger partial charge on any atom is 0.313 e. The molecule has 4 fully saturated rings. The molecule has 0 unspecified atom stereocenters. The SMILES string of the molecule is Cc1cc(=O)cc2c3c1[C@@H]1O[C@H]4[C@H]5OC(=O)[C@](CC2)([C@@H]4C)[C@H]3[C@@H]51. The Hall–Kier alpha value is -1.68. The van der Waals surface area contributed by atoms with Gasteiger partial charge in [-0.15, -0.1) is 0 Å². The zero-order chi connectivity index (χ0) is 15.7. The molecule has 1 spiro atoms. The van der Waals surface area contributed by atoms with Crippen LogP contribution in [0, 0.1) is 24.2 Å². The molecule has 0 N–H and O–H groups in total. The lowest BCUT2D eigenvalue weighted by Gasteiger charge is -2.57. The first-order valence-electron chi connectivity index (χ1n) is 8.58. The lowest BCUT2D eigenvalue weighted by molar-refractivity contribution is -0.215. The number of ether oxygens (including phenoxy) is 2. The Kier molecular flexibility index (Phi) is 1.95. The van der Waals surface area contributed by atoms with Gasteiger partial charge in [-0.2, -0.15) is 0 Å². The third kappa shape index (κ3) is 1.11. The topological polar surface area (TPSA) is 52.6 Å². The van der Waals surface area contributed by atoms with E-state index in [0.29, 0.717) is 0 Å². The molecule has 3 aliphatic carbocycles. The summed E-state index contributed by atoms with van der Waals surface area (Å²) >= 11 is 0. The number of carbonyl (C=O) groups excluding carboxylic acids is 1. The molecule has 1 aromatic rings. The van der Waals surface area contributed by atoms with Gasteiger partial charge in [0.25, 0.3) is 0 Å². The first-order chi connectivity index (χ1) is 11.0. The van der Waals surface area contributed by atoms with Crippen molar-refractivity contribution in [3.63, 3.8) is 0 Å². The van der Waals surface area contributed by atoms with Crippen LogP contribution in [-0.4, -0.2) is 18.2 Å². The Morgan fingerprint density at radius 3 is 2.83 bits per heavy atom. The molecule has 0 aromatic heterocycles. The molecule has 3 aliphatic heterocycles. The van der Waals surface area contributed by atoms with E-state index in [2.05, 4.69) is 6.92 Å². The van der Waals surface area contributed by atoms with Gasteiger partial charge in [-0.05, 0) is 54.2 Å². The third-order valence-corrected chi connectivity index (χ3v) is 7.36. The Morgan fingerprint density at radius 2 is 2.00 bits per heavy atom. The highest BCUT2D eigenvalue weighted by Gasteiger charge is 2.76. The lowest BCUT2D eigenvalue weighted by atomic mass is 9.50. The molecule has 0 amide bonds. The van der Waals surface area contributed by atoms with Crippen molar-refractivity contribution in [1.29, 1.82) is 0 Å². The minimum absolute atomic E-state index is 0.00826. The fourth-order valence-electron chi connectivity index (χ4n) is 6.56. The van der Waals surface area contributed by atoms with E-state index < -0.39 is 5.41 Å². The van der Waals surface area contributed by atoms with Crippen molar-refractivity contribution >= 4 is 5.97 Å². The van der Waals surface area contributed by atoms with E-state index in [0.717, 1.165) is 24.0 Å². The molecule has 3 heterocycles. The maximum atomic E-state index is 12.9. The van der Waals surface area contributed by atoms with Crippen molar-refractivity contribution in [2.24, 2.45) is 17.3 Å². The summed E-state index contributed by atoms with van der Waals surface area (Å²) in [4.78, 5) is 25.0. The number of hydrogen-bond donors (Lipinski definition) is 0. The van der Waals surface area contributed by atoms with Crippen LogP contribution in [0.25, 0.3) is 0 Å². The monoisotopic (exact) mass is 310 g/mol. The quantitative estimate of drug-likeness (QED) is 0.688.